The molecule has 2 atom stereocenters. The van der Waals surface area contributed by atoms with Crippen LogP contribution < -0.4 is 4.90 Å². The number of fused-ring (bicyclic) bond motifs is 15. The molecular formula is C42H26N4O. The molecule has 0 radical (unpaired) electrons. The molecule has 5 heteroatoms. The highest BCUT2D eigenvalue weighted by molar-refractivity contribution is 6.11. The Morgan fingerprint density at radius 2 is 1.36 bits per heavy atom. The molecule has 220 valence electrons. The number of aromatic nitrogens is 3. The molecule has 2 aliphatic rings. The number of H-pyrrole nitrogens is 1. The van der Waals surface area contributed by atoms with Crippen LogP contribution in [0.4, 0.5) is 11.6 Å². The molecule has 1 aliphatic heterocycles. The number of benzene rings is 6. The Hall–Kier alpha value is -6.20. The van der Waals surface area contributed by atoms with E-state index in [1.165, 1.54) is 44.1 Å². The molecule has 2 unspecified atom stereocenters. The predicted octanol–water partition coefficient (Wildman–Crippen LogP) is 10.7. The van der Waals surface area contributed by atoms with Crippen molar-refractivity contribution in [3.05, 3.63) is 156 Å². The van der Waals surface area contributed by atoms with Crippen LogP contribution in [0.3, 0.4) is 0 Å². The van der Waals surface area contributed by atoms with Crippen molar-refractivity contribution in [2.45, 2.75) is 12.0 Å². The zero-order chi connectivity index (χ0) is 30.6. The van der Waals surface area contributed by atoms with Gasteiger partial charge in [-0.2, -0.15) is 4.98 Å². The van der Waals surface area contributed by atoms with Crippen molar-refractivity contribution in [2.24, 2.45) is 0 Å². The maximum atomic E-state index is 6.51. The molecule has 0 amide bonds. The molecule has 0 spiro atoms. The molecule has 47 heavy (non-hydrogen) atoms. The normalized spacial score (nSPS) is 16.5. The third-order valence-corrected chi connectivity index (χ3v) is 10.2. The van der Waals surface area contributed by atoms with E-state index >= 15 is 0 Å². The van der Waals surface area contributed by atoms with Gasteiger partial charge in [-0.3, -0.25) is 0 Å². The van der Waals surface area contributed by atoms with Gasteiger partial charge in [0.15, 0.2) is 0 Å². The quantitative estimate of drug-likeness (QED) is 0.214. The Balaban J connectivity index is 1.28. The summed E-state index contributed by atoms with van der Waals surface area (Å²) in [7, 11) is 0. The number of furan rings is 1. The third kappa shape index (κ3) is 3.32. The molecule has 1 aliphatic carbocycles. The van der Waals surface area contributed by atoms with Crippen LogP contribution in [0.5, 0.6) is 0 Å². The maximum Gasteiger partial charge on any atom is 0.234 e. The van der Waals surface area contributed by atoms with Crippen LogP contribution in [0.25, 0.3) is 66.3 Å². The molecular weight excluding hydrogens is 576 g/mol. The van der Waals surface area contributed by atoms with Crippen molar-refractivity contribution in [2.75, 3.05) is 4.90 Å². The predicted molar refractivity (Wildman–Crippen MR) is 189 cm³/mol. The first-order chi connectivity index (χ1) is 23.3. The van der Waals surface area contributed by atoms with Gasteiger partial charge in [0.1, 0.15) is 5.58 Å². The lowest BCUT2D eigenvalue weighted by Gasteiger charge is -2.34. The van der Waals surface area contributed by atoms with Crippen molar-refractivity contribution < 1.29 is 4.42 Å². The molecule has 6 aromatic carbocycles. The molecule has 0 fully saturated rings. The van der Waals surface area contributed by atoms with Crippen LogP contribution in [0.15, 0.2) is 144 Å². The van der Waals surface area contributed by atoms with Crippen molar-refractivity contribution in [1.82, 2.24) is 15.0 Å². The van der Waals surface area contributed by atoms with Gasteiger partial charge in [-0.05, 0) is 34.2 Å². The number of nitrogens with one attached hydrogen (secondary N) is 1. The van der Waals surface area contributed by atoms with E-state index in [9.17, 15) is 0 Å². The van der Waals surface area contributed by atoms with Gasteiger partial charge in [-0.25, -0.2) is 4.98 Å². The molecule has 4 heterocycles. The molecule has 0 saturated carbocycles. The Labute approximate surface area is 269 Å². The second-order valence-corrected chi connectivity index (χ2v) is 12.6. The first kappa shape index (κ1) is 25.0. The fourth-order valence-corrected chi connectivity index (χ4v) is 8.31. The van der Waals surface area contributed by atoms with Crippen molar-refractivity contribution in [3.63, 3.8) is 0 Å². The van der Waals surface area contributed by atoms with Gasteiger partial charge in [-0.15, -0.1) is 0 Å². The molecule has 9 aromatic rings. The largest absolute Gasteiger partial charge is 0.437 e. The number of rotatable bonds is 2. The highest BCUT2D eigenvalue weighted by Crippen LogP contribution is 2.62. The molecule has 0 bridgehead atoms. The average Bonchev–Trinajstić information content (AvgIpc) is 3.81. The summed E-state index contributed by atoms with van der Waals surface area (Å²) in [5.74, 6) is 0.699. The van der Waals surface area contributed by atoms with Gasteiger partial charge < -0.3 is 14.3 Å². The van der Waals surface area contributed by atoms with E-state index in [2.05, 4.69) is 125 Å². The van der Waals surface area contributed by atoms with E-state index in [4.69, 9.17) is 14.4 Å². The smallest absolute Gasteiger partial charge is 0.234 e. The zero-order valence-corrected chi connectivity index (χ0v) is 25.2. The second kappa shape index (κ2) is 9.18. The van der Waals surface area contributed by atoms with Crippen LogP contribution >= 0.6 is 0 Å². The first-order valence-electron chi connectivity index (χ1n) is 16.1. The Morgan fingerprint density at radius 3 is 2.28 bits per heavy atom. The van der Waals surface area contributed by atoms with E-state index in [1.807, 2.05) is 24.3 Å². The molecule has 1 N–H and O–H groups in total. The van der Waals surface area contributed by atoms with Crippen LogP contribution in [-0.4, -0.2) is 15.0 Å². The molecule has 11 rings (SSSR count). The highest BCUT2D eigenvalue weighted by Gasteiger charge is 2.48. The van der Waals surface area contributed by atoms with E-state index in [1.54, 1.807) is 0 Å². The number of nitrogens with zero attached hydrogens (tertiary/aromatic N) is 3. The monoisotopic (exact) mass is 602 g/mol. The van der Waals surface area contributed by atoms with Gasteiger partial charge in [0.05, 0.1) is 28.5 Å². The Bertz CT molecular complexity index is 2720. The fourth-order valence-electron chi connectivity index (χ4n) is 8.31. The standard InChI is InChI=1S/C42H26N4O/c1-2-13-25(14-3-1)37-36-30-19-9-11-21-33(30)47-41(36)45-42(44-37)46-39-26-15-5-4-12-24(26)22-23-31(39)35-34-29-18-8-10-20-32(29)43-38(34)27-16-6-7-17-28(27)40(35)46/h1-23,35,40,43H. The van der Waals surface area contributed by atoms with Gasteiger partial charge >= 0.3 is 0 Å². The molecule has 0 saturated heterocycles. The lowest BCUT2D eigenvalue weighted by Crippen LogP contribution is -2.27. The van der Waals surface area contributed by atoms with E-state index in [0.717, 1.165) is 38.8 Å². The third-order valence-electron chi connectivity index (χ3n) is 10.2. The summed E-state index contributed by atoms with van der Waals surface area (Å²) in [4.78, 5) is 17.0. The minimum atomic E-state index is -0.0656. The second-order valence-electron chi connectivity index (χ2n) is 12.6. The van der Waals surface area contributed by atoms with Crippen LogP contribution in [-0.2, 0) is 0 Å². The van der Waals surface area contributed by atoms with Crippen LogP contribution in [0.1, 0.15) is 28.7 Å². The SMILES string of the molecule is c1ccc(-c2nc(N3c4c(ccc5ccccc45)C4c5c([nH]c6ccccc56)-c5ccccc5C43)nc3oc4ccccc4c23)cc1. The van der Waals surface area contributed by atoms with E-state index in [0.29, 0.717) is 11.7 Å². The van der Waals surface area contributed by atoms with E-state index < -0.39 is 0 Å². The maximum absolute atomic E-state index is 6.51. The number of aromatic amines is 1. The van der Waals surface area contributed by atoms with Crippen molar-refractivity contribution in [1.29, 1.82) is 0 Å². The minimum Gasteiger partial charge on any atom is -0.437 e. The van der Waals surface area contributed by atoms with Crippen LogP contribution in [0, 0.1) is 0 Å². The van der Waals surface area contributed by atoms with E-state index in [-0.39, 0.29) is 12.0 Å². The zero-order valence-electron chi connectivity index (χ0n) is 25.2. The molecule has 5 nitrogen and oxygen atoms in total. The lowest BCUT2D eigenvalue weighted by atomic mass is 9.75. The van der Waals surface area contributed by atoms with Crippen LogP contribution in [0.2, 0.25) is 0 Å². The first-order valence-corrected chi connectivity index (χ1v) is 16.1. The topological polar surface area (TPSA) is 58.0 Å². The fraction of sp³-hybridized carbons (Fsp3) is 0.0476. The summed E-state index contributed by atoms with van der Waals surface area (Å²) in [5, 5.41) is 5.59. The summed E-state index contributed by atoms with van der Waals surface area (Å²) in [6.45, 7) is 0. The number of anilines is 2. The number of hydrogen-bond acceptors (Lipinski definition) is 4. The Morgan fingerprint density at radius 1 is 0.617 bits per heavy atom. The summed E-state index contributed by atoms with van der Waals surface area (Å²) < 4.78 is 6.51. The summed E-state index contributed by atoms with van der Waals surface area (Å²) in [6.07, 6.45) is 0. The van der Waals surface area contributed by atoms with Gasteiger partial charge in [0, 0.05) is 38.7 Å². The molecule has 3 aromatic heterocycles. The lowest BCUT2D eigenvalue weighted by molar-refractivity contribution is 0.631. The summed E-state index contributed by atoms with van der Waals surface area (Å²) in [5.41, 5.74) is 11.9. The van der Waals surface area contributed by atoms with Crippen molar-refractivity contribution >= 4 is 55.4 Å². The minimum absolute atomic E-state index is 0.0609. The average molecular weight is 603 g/mol. The highest BCUT2D eigenvalue weighted by atomic mass is 16.3. The Kier molecular flexibility index (Phi) is 4.89. The summed E-state index contributed by atoms with van der Waals surface area (Å²) >= 11 is 0. The van der Waals surface area contributed by atoms with Crippen molar-refractivity contribution in [3.8, 4) is 22.5 Å². The van der Waals surface area contributed by atoms with Gasteiger partial charge in [0.25, 0.3) is 0 Å². The summed E-state index contributed by atoms with van der Waals surface area (Å²) in [6, 6.07) is 49.3. The van der Waals surface area contributed by atoms with Gasteiger partial charge in [0.2, 0.25) is 11.7 Å². The number of para-hydroxylation sites is 2. The number of hydrogen-bond donors (Lipinski definition) is 1. The van der Waals surface area contributed by atoms with Gasteiger partial charge in [-0.1, -0.05) is 127 Å².